The molecule has 20 heavy (non-hydrogen) atoms. The van der Waals surface area contributed by atoms with Crippen LogP contribution in [0.2, 0.25) is 0 Å². The van der Waals surface area contributed by atoms with E-state index in [1.165, 1.54) is 0 Å². The summed E-state index contributed by atoms with van der Waals surface area (Å²) in [5.41, 5.74) is -9.86. The fraction of sp³-hybridized carbons (Fsp3) is 1.00. The van der Waals surface area contributed by atoms with Crippen LogP contribution in [0, 0.1) is 5.92 Å². The van der Waals surface area contributed by atoms with Crippen LogP contribution in [0.3, 0.4) is 0 Å². The van der Waals surface area contributed by atoms with Crippen molar-refractivity contribution in [3.05, 3.63) is 0 Å². The van der Waals surface area contributed by atoms with E-state index in [2.05, 4.69) is 0 Å². The van der Waals surface area contributed by atoms with Gasteiger partial charge in [-0.1, -0.05) is 6.92 Å². The fourth-order valence-corrected chi connectivity index (χ4v) is 2.52. The molecular formula is C10H11F8KO. The van der Waals surface area contributed by atoms with Gasteiger partial charge in [0, 0.05) is 12.8 Å². The van der Waals surface area contributed by atoms with Gasteiger partial charge in [0.1, 0.15) is 0 Å². The molecule has 1 aliphatic carbocycles. The minimum Gasteiger partial charge on any atom is -0.839 e. The molecule has 0 spiro atoms. The van der Waals surface area contributed by atoms with Gasteiger partial charge in [-0.15, -0.1) is 0 Å². The van der Waals surface area contributed by atoms with Crippen LogP contribution in [0.4, 0.5) is 35.1 Å². The van der Waals surface area contributed by atoms with Crippen LogP contribution >= 0.6 is 0 Å². The van der Waals surface area contributed by atoms with Crippen LogP contribution in [0.5, 0.6) is 0 Å². The van der Waals surface area contributed by atoms with Crippen molar-refractivity contribution in [3.8, 4) is 0 Å². The van der Waals surface area contributed by atoms with Gasteiger partial charge in [-0.05, 0) is 12.8 Å². The molecule has 0 radical (unpaired) electrons. The summed E-state index contributed by atoms with van der Waals surface area (Å²) < 4.78 is 105. The van der Waals surface area contributed by atoms with E-state index >= 15 is 0 Å². The maximum atomic E-state index is 14.1. The van der Waals surface area contributed by atoms with Gasteiger partial charge in [0.25, 0.3) is 11.8 Å². The average Bonchev–Trinajstić information content (AvgIpc) is 2.35. The largest absolute Gasteiger partial charge is 1.00 e. The van der Waals surface area contributed by atoms with E-state index in [9.17, 15) is 40.2 Å². The molecule has 0 bridgehead atoms. The zero-order chi connectivity index (χ0) is 15.5. The zero-order valence-corrected chi connectivity index (χ0v) is 14.0. The normalized spacial score (nSPS) is 37.6. The van der Waals surface area contributed by atoms with Gasteiger partial charge < -0.3 is 5.11 Å². The second kappa shape index (κ2) is 5.59. The minimum absolute atomic E-state index is 0. The van der Waals surface area contributed by atoms with E-state index in [-0.39, 0.29) is 58.3 Å². The van der Waals surface area contributed by atoms with E-state index in [0.717, 1.165) is 6.92 Å². The summed E-state index contributed by atoms with van der Waals surface area (Å²) >= 11 is 0. The second-order valence-corrected chi connectivity index (χ2v) is 4.81. The van der Waals surface area contributed by atoms with E-state index in [1.807, 2.05) is 0 Å². The van der Waals surface area contributed by atoms with Crippen molar-refractivity contribution in [1.82, 2.24) is 0 Å². The van der Waals surface area contributed by atoms with E-state index < -0.39 is 48.1 Å². The number of rotatable bonds is 2. The van der Waals surface area contributed by atoms with Crippen molar-refractivity contribution >= 4 is 0 Å². The number of hydrogen-bond acceptors (Lipinski definition) is 1. The summed E-state index contributed by atoms with van der Waals surface area (Å²) in [4.78, 5) is 0. The molecule has 114 valence electrons. The van der Waals surface area contributed by atoms with E-state index in [1.54, 1.807) is 0 Å². The van der Waals surface area contributed by atoms with Crippen molar-refractivity contribution in [3.63, 3.8) is 0 Å². The molecule has 1 rings (SSSR count). The van der Waals surface area contributed by atoms with Crippen molar-refractivity contribution in [1.29, 1.82) is 0 Å². The molecule has 0 saturated heterocycles. The van der Waals surface area contributed by atoms with Crippen molar-refractivity contribution in [2.24, 2.45) is 5.92 Å². The SMILES string of the molecule is CCC1CC([O-])(C(F)(F)F)C(F)(F)C1(F)C(C)(F)F.[K+]. The molecule has 1 nitrogen and oxygen atoms in total. The summed E-state index contributed by atoms with van der Waals surface area (Å²) in [7, 11) is 0. The Labute approximate surface area is 152 Å². The molecular weight excluding hydrogens is 327 g/mol. The first-order valence-corrected chi connectivity index (χ1v) is 5.38. The number of halogens is 8. The van der Waals surface area contributed by atoms with Crippen LogP contribution in [-0.2, 0) is 0 Å². The topological polar surface area (TPSA) is 23.1 Å². The van der Waals surface area contributed by atoms with Gasteiger partial charge in [0.05, 0.1) is 5.60 Å². The summed E-state index contributed by atoms with van der Waals surface area (Å²) in [6.07, 6.45) is -8.67. The fourth-order valence-electron chi connectivity index (χ4n) is 2.52. The Bertz CT molecular complexity index is 365. The molecule has 1 fully saturated rings. The van der Waals surface area contributed by atoms with Crippen LogP contribution in [0.1, 0.15) is 26.7 Å². The molecule has 0 aromatic carbocycles. The van der Waals surface area contributed by atoms with Crippen LogP contribution in [0.15, 0.2) is 0 Å². The Morgan fingerprint density at radius 2 is 1.50 bits per heavy atom. The van der Waals surface area contributed by atoms with Crippen molar-refractivity contribution < 1.29 is 91.6 Å². The zero-order valence-electron chi connectivity index (χ0n) is 10.9. The maximum absolute atomic E-state index is 14.1. The van der Waals surface area contributed by atoms with Crippen LogP contribution in [-0.4, -0.2) is 29.3 Å². The van der Waals surface area contributed by atoms with Gasteiger partial charge in [-0.25, -0.2) is 22.0 Å². The average molecular weight is 338 g/mol. The predicted octanol–water partition coefficient (Wildman–Crippen LogP) is 0.0805. The Hall–Kier alpha value is 1.04. The molecule has 1 aliphatic rings. The maximum Gasteiger partial charge on any atom is 1.00 e. The quantitative estimate of drug-likeness (QED) is 0.517. The van der Waals surface area contributed by atoms with E-state index in [4.69, 9.17) is 0 Å². The molecule has 1 saturated carbocycles. The third-order valence-electron chi connectivity index (χ3n) is 3.65. The summed E-state index contributed by atoms with van der Waals surface area (Å²) in [5.74, 6) is -12.9. The summed E-state index contributed by atoms with van der Waals surface area (Å²) in [6.45, 7) is 0.731. The molecule has 0 N–H and O–H groups in total. The first-order valence-electron chi connectivity index (χ1n) is 5.38. The summed E-state index contributed by atoms with van der Waals surface area (Å²) in [6, 6.07) is 0. The minimum atomic E-state index is -6.02. The number of hydrogen-bond donors (Lipinski definition) is 0. The van der Waals surface area contributed by atoms with Gasteiger partial charge in [-0.2, -0.15) is 13.2 Å². The van der Waals surface area contributed by atoms with Gasteiger partial charge >= 0.3 is 57.6 Å². The smallest absolute Gasteiger partial charge is 0.839 e. The molecule has 0 aliphatic heterocycles. The third-order valence-corrected chi connectivity index (χ3v) is 3.65. The molecule has 0 heterocycles. The molecule has 10 heteroatoms. The Balaban J connectivity index is 0.00000361. The van der Waals surface area contributed by atoms with Gasteiger partial charge in [0.2, 0.25) is 5.67 Å². The summed E-state index contributed by atoms with van der Waals surface area (Å²) in [5, 5.41) is 11.4. The third kappa shape index (κ3) is 2.47. The Kier molecular flexibility index (Phi) is 5.88. The Morgan fingerprint density at radius 3 is 1.70 bits per heavy atom. The standard InChI is InChI=1S/C10H11F8O.K/c1-3-5-4-7(19,10(16,17)18)9(14,15)8(5,13)6(2,11)12;/h5H,3-4H2,1-2H3;/q-1;+1. The molecule has 3 atom stereocenters. The molecule has 0 amide bonds. The number of alkyl halides is 8. The first-order chi connectivity index (χ1) is 8.17. The Morgan fingerprint density at radius 1 is 1.10 bits per heavy atom. The van der Waals surface area contributed by atoms with Crippen LogP contribution < -0.4 is 56.5 Å². The first kappa shape index (κ1) is 21.0. The molecule has 0 aromatic rings. The van der Waals surface area contributed by atoms with Crippen molar-refractivity contribution in [2.75, 3.05) is 0 Å². The second-order valence-electron chi connectivity index (χ2n) is 4.81. The van der Waals surface area contributed by atoms with Crippen LogP contribution in [0.25, 0.3) is 0 Å². The van der Waals surface area contributed by atoms with Crippen molar-refractivity contribution in [2.45, 2.75) is 56.0 Å². The molecule has 0 aromatic heterocycles. The molecule has 3 unspecified atom stereocenters. The van der Waals surface area contributed by atoms with E-state index in [0.29, 0.717) is 0 Å². The monoisotopic (exact) mass is 338 g/mol. The predicted molar refractivity (Wildman–Crippen MR) is 46.6 cm³/mol. The van der Waals surface area contributed by atoms with Gasteiger partial charge in [-0.3, -0.25) is 0 Å². The van der Waals surface area contributed by atoms with Gasteiger partial charge in [0.15, 0.2) is 0 Å².